The number of aromatic nitrogens is 2. The highest BCUT2D eigenvalue weighted by Crippen LogP contribution is 2.07. The highest BCUT2D eigenvalue weighted by molar-refractivity contribution is 7.05. The molecule has 1 aromatic heterocycles. The average Bonchev–Trinajstić information content (AvgIpc) is 2.68. The van der Waals surface area contributed by atoms with Crippen LogP contribution in [0.3, 0.4) is 0 Å². The van der Waals surface area contributed by atoms with Crippen molar-refractivity contribution in [2.24, 2.45) is 0 Å². The Labute approximate surface area is 101 Å². The molecule has 0 fully saturated rings. The minimum absolute atomic E-state index is 0.777. The molecule has 0 aliphatic rings. The van der Waals surface area contributed by atoms with Crippen LogP contribution in [0.4, 0.5) is 0 Å². The molecule has 0 amide bonds. The second-order valence-corrected chi connectivity index (χ2v) is 4.39. The lowest BCUT2D eigenvalue weighted by molar-refractivity contribution is 0.199. The molecule has 16 heavy (non-hydrogen) atoms. The first kappa shape index (κ1) is 13.5. The highest BCUT2D eigenvalue weighted by Gasteiger charge is 2.01. The van der Waals surface area contributed by atoms with Gasteiger partial charge in [0.1, 0.15) is 0 Å². The third-order valence-electron chi connectivity index (χ3n) is 2.22. The lowest BCUT2D eigenvalue weighted by Gasteiger charge is -2.05. The first-order valence-electron chi connectivity index (χ1n) is 5.52. The molecule has 0 bridgehead atoms. The monoisotopic (exact) mass is 244 g/mol. The summed E-state index contributed by atoms with van der Waals surface area (Å²) in [6, 6.07) is 0. The molecule has 0 unspecified atom stereocenters. The number of nitrogens with zero attached hydrogens (tertiary/aromatic N) is 2. The molecule has 0 aromatic carbocycles. The number of ether oxygens (including phenoxy) is 1. The Bertz CT molecular complexity index is 280. The van der Waals surface area contributed by atoms with Crippen LogP contribution in [0.5, 0.6) is 0 Å². The van der Waals surface area contributed by atoms with Crippen molar-refractivity contribution in [3.63, 3.8) is 0 Å². The van der Waals surface area contributed by atoms with Crippen LogP contribution in [0.25, 0.3) is 0 Å². The fourth-order valence-electron chi connectivity index (χ4n) is 1.25. The van der Waals surface area contributed by atoms with Gasteiger partial charge in [-0.2, -0.15) is 0 Å². The largest absolute Gasteiger partial charge is 0.383 e. The van der Waals surface area contributed by atoms with Gasteiger partial charge in [0, 0.05) is 20.2 Å². The Kier molecular flexibility index (Phi) is 7.24. The molecule has 0 aliphatic carbocycles. The molecule has 5 nitrogen and oxygen atoms in total. The third kappa shape index (κ3) is 5.50. The Morgan fingerprint density at radius 3 is 2.75 bits per heavy atom. The van der Waals surface area contributed by atoms with E-state index in [1.54, 1.807) is 7.11 Å². The van der Waals surface area contributed by atoms with Gasteiger partial charge in [-0.15, -0.1) is 5.10 Å². The van der Waals surface area contributed by atoms with E-state index in [4.69, 9.17) is 4.74 Å². The SMILES string of the molecule is COCCNCCCNCc1snnc1C. The molecule has 1 rings (SSSR count). The van der Waals surface area contributed by atoms with E-state index in [0.29, 0.717) is 0 Å². The van der Waals surface area contributed by atoms with E-state index < -0.39 is 0 Å². The van der Waals surface area contributed by atoms with Crippen molar-refractivity contribution in [2.45, 2.75) is 19.9 Å². The van der Waals surface area contributed by atoms with E-state index in [1.807, 2.05) is 6.92 Å². The molecule has 0 spiro atoms. The number of hydrogen-bond donors (Lipinski definition) is 2. The number of hydrogen-bond acceptors (Lipinski definition) is 6. The fourth-order valence-corrected chi connectivity index (χ4v) is 1.85. The Morgan fingerprint density at radius 2 is 2.06 bits per heavy atom. The standard InChI is InChI=1S/C10H20N4OS/c1-9-10(16-14-13-9)8-12-5-3-4-11-6-7-15-2/h11-12H,3-8H2,1-2H3. The van der Waals surface area contributed by atoms with Gasteiger partial charge in [-0.05, 0) is 38.0 Å². The summed E-state index contributed by atoms with van der Waals surface area (Å²) in [4.78, 5) is 1.23. The van der Waals surface area contributed by atoms with Gasteiger partial charge < -0.3 is 15.4 Å². The molecule has 0 saturated heterocycles. The smallest absolute Gasteiger partial charge is 0.0769 e. The first-order chi connectivity index (χ1) is 7.84. The molecule has 0 saturated carbocycles. The fraction of sp³-hybridized carbons (Fsp3) is 0.800. The average molecular weight is 244 g/mol. The lowest BCUT2D eigenvalue weighted by Crippen LogP contribution is -2.24. The van der Waals surface area contributed by atoms with Crippen molar-refractivity contribution in [3.8, 4) is 0 Å². The summed E-state index contributed by atoms with van der Waals surface area (Å²) in [5.74, 6) is 0. The molecular weight excluding hydrogens is 224 g/mol. The minimum atomic E-state index is 0.777. The minimum Gasteiger partial charge on any atom is -0.383 e. The Morgan fingerprint density at radius 1 is 1.25 bits per heavy atom. The van der Waals surface area contributed by atoms with E-state index in [9.17, 15) is 0 Å². The highest BCUT2D eigenvalue weighted by atomic mass is 32.1. The molecule has 6 heteroatoms. The first-order valence-corrected chi connectivity index (χ1v) is 6.30. The van der Waals surface area contributed by atoms with Gasteiger partial charge in [0.05, 0.1) is 17.2 Å². The van der Waals surface area contributed by atoms with Crippen LogP contribution in [-0.2, 0) is 11.3 Å². The summed E-state index contributed by atoms with van der Waals surface area (Å²) in [6.45, 7) is 6.61. The number of nitrogens with one attached hydrogen (secondary N) is 2. The molecule has 2 N–H and O–H groups in total. The van der Waals surface area contributed by atoms with Crippen molar-refractivity contribution in [1.82, 2.24) is 20.2 Å². The van der Waals surface area contributed by atoms with Gasteiger partial charge in [0.15, 0.2) is 0 Å². The van der Waals surface area contributed by atoms with Crippen LogP contribution in [0.15, 0.2) is 0 Å². The number of rotatable bonds is 9. The summed E-state index contributed by atoms with van der Waals surface area (Å²) < 4.78 is 8.84. The molecule has 92 valence electrons. The summed E-state index contributed by atoms with van der Waals surface area (Å²) in [7, 11) is 1.72. The molecule has 1 aromatic rings. The van der Waals surface area contributed by atoms with Gasteiger partial charge in [0.2, 0.25) is 0 Å². The van der Waals surface area contributed by atoms with Crippen molar-refractivity contribution in [3.05, 3.63) is 10.6 Å². The zero-order valence-corrected chi connectivity index (χ0v) is 10.8. The van der Waals surface area contributed by atoms with E-state index in [0.717, 1.165) is 44.9 Å². The summed E-state index contributed by atoms with van der Waals surface area (Å²) >= 11 is 1.47. The summed E-state index contributed by atoms with van der Waals surface area (Å²) in [5, 5.41) is 10.7. The number of aryl methyl sites for hydroxylation is 1. The summed E-state index contributed by atoms with van der Waals surface area (Å²) in [5.41, 5.74) is 1.04. The van der Waals surface area contributed by atoms with E-state index in [1.165, 1.54) is 16.4 Å². The van der Waals surface area contributed by atoms with E-state index in [-0.39, 0.29) is 0 Å². The predicted molar refractivity (Wildman–Crippen MR) is 65.7 cm³/mol. The van der Waals surface area contributed by atoms with Gasteiger partial charge in [0.25, 0.3) is 0 Å². The van der Waals surface area contributed by atoms with Crippen LogP contribution in [0.2, 0.25) is 0 Å². The maximum Gasteiger partial charge on any atom is 0.0769 e. The van der Waals surface area contributed by atoms with Crippen molar-refractivity contribution >= 4 is 11.5 Å². The van der Waals surface area contributed by atoms with Crippen molar-refractivity contribution in [1.29, 1.82) is 0 Å². The molecule has 0 aliphatic heterocycles. The normalized spacial score (nSPS) is 10.9. The molecule has 0 radical (unpaired) electrons. The van der Waals surface area contributed by atoms with Gasteiger partial charge in [-0.3, -0.25) is 0 Å². The van der Waals surface area contributed by atoms with Crippen molar-refractivity contribution < 1.29 is 4.74 Å². The third-order valence-corrected chi connectivity index (χ3v) is 3.04. The topological polar surface area (TPSA) is 59.1 Å². The second-order valence-electron chi connectivity index (χ2n) is 3.55. The molecule has 1 heterocycles. The van der Waals surface area contributed by atoms with E-state index in [2.05, 4.69) is 20.2 Å². The number of methoxy groups -OCH3 is 1. The zero-order chi connectivity index (χ0) is 11.6. The summed E-state index contributed by atoms with van der Waals surface area (Å²) in [6.07, 6.45) is 1.12. The zero-order valence-electron chi connectivity index (χ0n) is 9.95. The Balaban J connectivity index is 1.91. The maximum atomic E-state index is 4.94. The van der Waals surface area contributed by atoms with Gasteiger partial charge >= 0.3 is 0 Å². The second kappa shape index (κ2) is 8.58. The maximum absolute atomic E-state index is 4.94. The quantitative estimate of drug-likeness (QED) is 0.622. The lowest BCUT2D eigenvalue weighted by atomic mass is 10.3. The van der Waals surface area contributed by atoms with Gasteiger partial charge in [-0.1, -0.05) is 4.49 Å². The van der Waals surface area contributed by atoms with Crippen LogP contribution >= 0.6 is 11.5 Å². The van der Waals surface area contributed by atoms with Crippen LogP contribution in [0.1, 0.15) is 17.0 Å². The van der Waals surface area contributed by atoms with Crippen LogP contribution in [-0.4, -0.2) is 42.9 Å². The van der Waals surface area contributed by atoms with Crippen molar-refractivity contribution in [2.75, 3.05) is 33.4 Å². The van der Waals surface area contributed by atoms with E-state index >= 15 is 0 Å². The Hall–Kier alpha value is -0.560. The molecule has 0 atom stereocenters. The van der Waals surface area contributed by atoms with Gasteiger partial charge in [-0.25, -0.2) is 0 Å². The molecular formula is C10H20N4OS. The van der Waals surface area contributed by atoms with Crippen LogP contribution in [0, 0.1) is 6.92 Å². The van der Waals surface area contributed by atoms with Crippen LogP contribution < -0.4 is 10.6 Å². The predicted octanol–water partition coefficient (Wildman–Crippen LogP) is 0.562.